The summed E-state index contributed by atoms with van der Waals surface area (Å²) in [5.41, 5.74) is -0.257. The third-order valence-corrected chi connectivity index (χ3v) is 6.65. The predicted molar refractivity (Wildman–Crippen MR) is 157 cm³/mol. The van der Waals surface area contributed by atoms with E-state index in [1.54, 1.807) is 24.3 Å². The number of nitro benzene ring substituents is 1. The Morgan fingerprint density at radius 3 is 2.70 bits per heavy atom. The van der Waals surface area contributed by atoms with E-state index in [1.807, 2.05) is 6.92 Å². The molecular weight excluding hydrogens is 653 g/mol. The van der Waals surface area contributed by atoms with Gasteiger partial charge in [-0.2, -0.15) is 9.78 Å². The van der Waals surface area contributed by atoms with Crippen LogP contribution in [-0.2, 0) is 11.2 Å². The summed E-state index contributed by atoms with van der Waals surface area (Å²) in [4.78, 5) is 41.6. The largest absolute Gasteiger partial charge is 0.476 e. The van der Waals surface area contributed by atoms with Crippen molar-refractivity contribution in [2.75, 3.05) is 11.9 Å². The van der Waals surface area contributed by atoms with Crippen LogP contribution in [0.2, 0.25) is 0 Å². The summed E-state index contributed by atoms with van der Waals surface area (Å²) in [5, 5.41) is 18.9. The molecular formula is C27H22Br2FN5O5. The number of amides is 1. The number of hydrogen-bond donors (Lipinski definition) is 1. The van der Waals surface area contributed by atoms with E-state index in [2.05, 4.69) is 47.3 Å². The van der Waals surface area contributed by atoms with Gasteiger partial charge >= 0.3 is 5.69 Å². The second-order valence-electron chi connectivity index (χ2n) is 8.57. The van der Waals surface area contributed by atoms with Crippen molar-refractivity contribution in [3.8, 4) is 5.75 Å². The first-order valence-electron chi connectivity index (χ1n) is 12.1. The Morgan fingerprint density at radius 2 is 1.98 bits per heavy atom. The van der Waals surface area contributed by atoms with E-state index in [-0.39, 0.29) is 17.0 Å². The zero-order valence-electron chi connectivity index (χ0n) is 21.1. The average molecular weight is 675 g/mol. The van der Waals surface area contributed by atoms with Crippen molar-refractivity contribution in [1.29, 1.82) is 0 Å². The van der Waals surface area contributed by atoms with Crippen LogP contribution >= 0.6 is 31.9 Å². The van der Waals surface area contributed by atoms with E-state index in [1.165, 1.54) is 36.5 Å². The molecule has 0 unspecified atom stereocenters. The molecule has 40 heavy (non-hydrogen) atoms. The van der Waals surface area contributed by atoms with E-state index >= 15 is 0 Å². The highest BCUT2D eigenvalue weighted by Gasteiger charge is 2.22. The number of aromatic nitrogens is 2. The molecule has 1 amide bonds. The smallest absolute Gasteiger partial charge is 0.312 e. The van der Waals surface area contributed by atoms with Crippen LogP contribution in [-0.4, -0.2) is 33.3 Å². The van der Waals surface area contributed by atoms with Crippen LogP contribution in [0.5, 0.6) is 5.75 Å². The van der Waals surface area contributed by atoms with Crippen molar-refractivity contribution < 1.29 is 18.8 Å². The quantitative estimate of drug-likeness (QED) is 0.121. The van der Waals surface area contributed by atoms with Gasteiger partial charge in [-0.05, 0) is 42.8 Å². The number of benzene rings is 3. The lowest BCUT2D eigenvalue weighted by molar-refractivity contribution is -0.385. The van der Waals surface area contributed by atoms with Gasteiger partial charge in [0, 0.05) is 27.0 Å². The minimum absolute atomic E-state index is 0.0578. The van der Waals surface area contributed by atoms with Gasteiger partial charge in [0.15, 0.2) is 6.61 Å². The fraction of sp³-hybridized carbons (Fsp3) is 0.185. The van der Waals surface area contributed by atoms with E-state index in [9.17, 15) is 24.1 Å². The number of fused-ring (bicyclic) bond motifs is 1. The molecule has 0 saturated carbocycles. The summed E-state index contributed by atoms with van der Waals surface area (Å²) in [6.07, 6.45) is 3.35. The number of halogens is 3. The van der Waals surface area contributed by atoms with Gasteiger partial charge in [-0.3, -0.25) is 19.7 Å². The Balaban J connectivity index is 1.73. The van der Waals surface area contributed by atoms with Gasteiger partial charge < -0.3 is 10.1 Å². The molecule has 0 aliphatic heterocycles. The third kappa shape index (κ3) is 6.77. The number of unbranched alkanes of at least 4 members (excludes halogenated alkanes) is 1. The number of para-hydroxylation sites is 1. The normalized spacial score (nSPS) is 11.2. The predicted octanol–water partition coefficient (Wildman–Crippen LogP) is 6.21. The molecule has 1 aromatic heterocycles. The molecule has 206 valence electrons. The third-order valence-electron chi connectivity index (χ3n) is 5.70. The summed E-state index contributed by atoms with van der Waals surface area (Å²) in [5.74, 6) is -1.19. The molecule has 0 aliphatic rings. The minimum atomic E-state index is -0.729. The molecule has 4 rings (SSSR count). The fourth-order valence-electron chi connectivity index (χ4n) is 3.81. The zero-order valence-corrected chi connectivity index (χ0v) is 24.2. The highest BCUT2D eigenvalue weighted by molar-refractivity contribution is 9.10. The average Bonchev–Trinajstić information content (AvgIpc) is 2.92. The fourth-order valence-corrected chi connectivity index (χ4v) is 4.63. The number of nitrogens with one attached hydrogen (secondary N) is 1. The minimum Gasteiger partial charge on any atom is -0.476 e. The van der Waals surface area contributed by atoms with E-state index < -0.39 is 34.5 Å². The van der Waals surface area contributed by atoms with Gasteiger partial charge in [0.2, 0.25) is 5.75 Å². The Bertz CT molecular complexity index is 1690. The second-order valence-corrected chi connectivity index (χ2v) is 10.4. The standard InChI is InChI=1S/C27H22Br2FN5O5/c1-2-3-8-24-32-21-10-9-17(28)12-19(21)27(37)34(24)31-14-16-11-18(29)13-23(35(38)39)26(16)40-15-25(36)33-22-7-5-4-6-20(22)30/h4-7,9-14H,2-3,8,15H2,1H3,(H,33,36). The summed E-state index contributed by atoms with van der Waals surface area (Å²) < 4.78 is 21.7. The van der Waals surface area contributed by atoms with Gasteiger partial charge in [-0.25, -0.2) is 9.37 Å². The van der Waals surface area contributed by atoms with Crippen LogP contribution in [0.25, 0.3) is 10.9 Å². The molecule has 0 fully saturated rings. The highest BCUT2D eigenvalue weighted by atomic mass is 79.9. The van der Waals surface area contributed by atoms with Crippen molar-refractivity contribution in [3.63, 3.8) is 0 Å². The van der Waals surface area contributed by atoms with Crippen LogP contribution < -0.4 is 15.6 Å². The number of rotatable bonds is 10. The Labute approximate surface area is 244 Å². The first-order chi connectivity index (χ1) is 19.2. The summed E-state index contributed by atoms with van der Waals surface area (Å²) >= 11 is 6.62. The Morgan fingerprint density at radius 1 is 1.20 bits per heavy atom. The van der Waals surface area contributed by atoms with Crippen LogP contribution in [0.4, 0.5) is 15.8 Å². The molecule has 0 bridgehead atoms. The molecule has 3 aromatic carbocycles. The van der Waals surface area contributed by atoms with Gasteiger partial charge in [-0.15, -0.1) is 0 Å². The number of carbonyl (C=O) groups excluding carboxylic acids is 1. The number of nitrogens with zero attached hydrogens (tertiary/aromatic N) is 4. The lowest BCUT2D eigenvalue weighted by atomic mass is 10.2. The first-order valence-corrected chi connectivity index (χ1v) is 13.7. The maximum absolute atomic E-state index is 13.9. The lowest BCUT2D eigenvalue weighted by Crippen LogP contribution is -2.23. The van der Waals surface area contributed by atoms with E-state index in [0.29, 0.717) is 32.1 Å². The molecule has 10 nitrogen and oxygen atoms in total. The van der Waals surface area contributed by atoms with Crippen molar-refractivity contribution in [2.45, 2.75) is 26.2 Å². The highest BCUT2D eigenvalue weighted by Crippen LogP contribution is 2.34. The van der Waals surface area contributed by atoms with Crippen molar-refractivity contribution in [1.82, 2.24) is 9.66 Å². The number of ether oxygens (including phenoxy) is 1. The maximum Gasteiger partial charge on any atom is 0.312 e. The lowest BCUT2D eigenvalue weighted by Gasteiger charge is -2.12. The van der Waals surface area contributed by atoms with Crippen LogP contribution in [0, 0.1) is 15.9 Å². The van der Waals surface area contributed by atoms with E-state index in [0.717, 1.165) is 17.5 Å². The molecule has 0 atom stereocenters. The molecule has 4 aromatic rings. The van der Waals surface area contributed by atoms with Crippen molar-refractivity contribution in [2.24, 2.45) is 5.10 Å². The van der Waals surface area contributed by atoms with Crippen LogP contribution in [0.3, 0.4) is 0 Å². The number of hydrogen-bond acceptors (Lipinski definition) is 7. The Kier molecular flexibility index (Phi) is 9.38. The number of anilines is 1. The van der Waals surface area contributed by atoms with Crippen molar-refractivity contribution >= 4 is 66.3 Å². The van der Waals surface area contributed by atoms with E-state index in [4.69, 9.17) is 4.74 Å². The second kappa shape index (κ2) is 12.9. The number of aryl methyl sites for hydroxylation is 1. The number of carbonyl (C=O) groups is 1. The van der Waals surface area contributed by atoms with Crippen LogP contribution in [0.15, 0.2) is 73.4 Å². The summed E-state index contributed by atoms with van der Waals surface area (Å²) in [6.45, 7) is 1.36. The van der Waals surface area contributed by atoms with Gasteiger partial charge in [0.1, 0.15) is 11.6 Å². The molecule has 1 heterocycles. The zero-order chi connectivity index (χ0) is 28.8. The van der Waals surface area contributed by atoms with Gasteiger partial charge in [0.05, 0.1) is 27.7 Å². The monoisotopic (exact) mass is 673 g/mol. The molecule has 0 saturated heterocycles. The van der Waals surface area contributed by atoms with Gasteiger partial charge in [-0.1, -0.05) is 57.3 Å². The Hall–Kier alpha value is -3.97. The topological polar surface area (TPSA) is 129 Å². The molecule has 0 aliphatic carbocycles. The number of nitro groups is 1. The molecule has 0 radical (unpaired) electrons. The first kappa shape index (κ1) is 29.0. The maximum atomic E-state index is 13.9. The van der Waals surface area contributed by atoms with Gasteiger partial charge in [0.25, 0.3) is 11.5 Å². The molecule has 13 heteroatoms. The summed E-state index contributed by atoms with van der Waals surface area (Å²) in [6, 6.07) is 13.5. The van der Waals surface area contributed by atoms with Crippen LogP contribution in [0.1, 0.15) is 31.2 Å². The summed E-state index contributed by atoms with van der Waals surface area (Å²) in [7, 11) is 0. The SMILES string of the molecule is CCCCc1nc2ccc(Br)cc2c(=O)n1N=Cc1cc(Br)cc([N+](=O)[O-])c1OCC(=O)Nc1ccccc1F. The molecule has 1 N–H and O–H groups in total. The van der Waals surface area contributed by atoms with Crippen molar-refractivity contribution in [3.05, 3.63) is 101 Å². The molecule has 0 spiro atoms.